The summed E-state index contributed by atoms with van der Waals surface area (Å²) in [5.41, 5.74) is -2.04. The first-order valence-corrected chi connectivity index (χ1v) is 8.20. The Hall–Kier alpha value is -2.87. The molecule has 2 heterocycles. The highest BCUT2D eigenvalue weighted by molar-refractivity contribution is 6.30. The van der Waals surface area contributed by atoms with Gasteiger partial charge in [-0.15, -0.1) is 0 Å². The third-order valence-corrected chi connectivity index (χ3v) is 4.40. The lowest BCUT2D eigenvalue weighted by atomic mass is 9.96. The number of anilines is 1. The van der Waals surface area contributed by atoms with Crippen LogP contribution in [0, 0.1) is 18.6 Å². The van der Waals surface area contributed by atoms with Crippen molar-refractivity contribution < 1.29 is 18.0 Å². The van der Waals surface area contributed by atoms with Crippen LogP contribution in [0.5, 0.6) is 0 Å². The SMILES string of the molecule is Cc1cnn(-c2ccncc2)c1NC(=O)C(C)(F)c1cc(F)c(Cl)c(F)c1. The summed E-state index contributed by atoms with van der Waals surface area (Å²) in [7, 11) is 0. The Bertz CT molecular complexity index is 982. The molecule has 1 amide bonds. The lowest BCUT2D eigenvalue weighted by Gasteiger charge is -2.21. The molecular formula is C18H14ClF3N4O. The maximum Gasteiger partial charge on any atom is 0.267 e. The van der Waals surface area contributed by atoms with E-state index in [1.807, 2.05) is 0 Å². The first kappa shape index (κ1) is 18.9. The summed E-state index contributed by atoms with van der Waals surface area (Å²) in [6.45, 7) is 2.59. The minimum atomic E-state index is -2.72. The molecule has 0 aliphatic heterocycles. The molecule has 1 N–H and O–H groups in total. The summed E-state index contributed by atoms with van der Waals surface area (Å²) in [6, 6.07) is 4.69. The summed E-state index contributed by atoms with van der Waals surface area (Å²) < 4.78 is 43.9. The number of hydrogen-bond acceptors (Lipinski definition) is 3. The van der Waals surface area contributed by atoms with Gasteiger partial charge in [-0.05, 0) is 38.1 Å². The van der Waals surface area contributed by atoms with Crippen LogP contribution in [-0.4, -0.2) is 20.7 Å². The molecule has 3 rings (SSSR count). The predicted molar refractivity (Wildman–Crippen MR) is 94.6 cm³/mol. The molecule has 0 bridgehead atoms. The molecule has 27 heavy (non-hydrogen) atoms. The number of hydrogen-bond donors (Lipinski definition) is 1. The van der Waals surface area contributed by atoms with Gasteiger partial charge in [0.2, 0.25) is 5.67 Å². The second-order valence-electron chi connectivity index (χ2n) is 6.00. The molecule has 9 heteroatoms. The van der Waals surface area contributed by atoms with Crippen LogP contribution in [0.1, 0.15) is 18.1 Å². The third-order valence-electron chi connectivity index (χ3n) is 4.04. The topological polar surface area (TPSA) is 59.8 Å². The number of amides is 1. The average Bonchev–Trinajstić information content (AvgIpc) is 3.00. The standard InChI is InChI=1S/C18H14ClF3N4O/c1-10-9-24-26(12-3-5-23-6-4-12)16(10)25-17(27)18(2,22)11-7-13(20)15(19)14(21)8-11/h3-9H,1-2H3,(H,25,27). The van der Waals surface area contributed by atoms with Gasteiger partial charge in [-0.3, -0.25) is 9.78 Å². The maximum atomic E-state index is 15.1. The van der Waals surface area contributed by atoms with Crippen molar-refractivity contribution in [2.24, 2.45) is 0 Å². The molecule has 1 aromatic carbocycles. The van der Waals surface area contributed by atoms with E-state index >= 15 is 4.39 Å². The van der Waals surface area contributed by atoms with E-state index in [9.17, 15) is 13.6 Å². The lowest BCUT2D eigenvalue weighted by Crippen LogP contribution is -2.34. The summed E-state index contributed by atoms with van der Waals surface area (Å²) >= 11 is 5.41. The van der Waals surface area contributed by atoms with Crippen molar-refractivity contribution in [1.29, 1.82) is 0 Å². The molecule has 0 fully saturated rings. The fraction of sp³-hybridized carbons (Fsp3) is 0.167. The van der Waals surface area contributed by atoms with Gasteiger partial charge in [0.1, 0.15) is 22.5 Å². The van der Waals surface area contributed by atoms with Gasteiger partial charge in [-0.25, -0.2) is 17.9 Å². The van der Waals surface area contributed by atoms with Crippen LogP contribution in [0.2, 0.25) is 5.02 Å². The van der Waals surface area contributed by atoms with Crippen LogP contribution < -0.4 is 5.32 Å². The van der Waals surface area contributed by atoms with Gasteiger partial charge in [0.15, 0.2) is 0 Å². The maximum absolute atomic E-state index is 15.1. The van der Waals surface area contributed by atoms with E-state index in [1.165, 1.54) is 23.3 Å². The van der Waals surface area contributed by atoms with Gasteiger partial charge >= 0.3 is 0 Å². The molecule has 140 valence electrons. The van der Waals surface area contributed by atoms with Crippen LogP contribution in [0.25, 0.3) is 5.69 Å². The number of carbonyl (C=O) groups excluding carboxylic acids is 1. The number of rotatable bonds is 4. The van der Waals surface area contributed by atoms with E-state index < -0.39 is 33.8 Å². The average molecular weight is 395 g/mol. The van der Waals surface area contributed by atoms with E-state index in [0.29, 0.717) is 23.4 Å². The zero-order chi connectivity index (χ0) is 19.8. The van der Waals surface area contributed by atoms with Crippen molar-refractivity contribution in [1.82, 2.24) is 14.8 Å². The molecule has 5 nitrogen and oxygen atoms in total. The van der Waals surface area contributed by atoms with Crippen molar-refractivity contribution in [2.45, 2.75) is 19.5 Å². The van der Waals surface area contributed by atoms with Crippen molar-refractivity contribution in [3.63, 3.8) is 0 Å². The van der Waals surface area contributed by atoms with Crippen LogP contribution in [0.15, 0.2) is 42.9 Å². The molecule has 0 radical (unpaired) electrons. The largest absolute Gasteiger partial charge is 0.307 e. The minimum absolute atomic E-state index is 0.227. The zero-order valence-electron chi connectivity index (χ0n) is 14.3. The molecule has 0 saturated heterocycles. The van der Waals surface area contributed by atoms with E-state index in [1.54, 1.807) is 19.1 Å². The van der Waals surface area contributed by atoms with E-state index in [4.69, 9.17) is 11.6 Å². The van der Waals surface area contributed by atoms with E-state index in [2.05, 4.69) is 15.4 Å². The Labute approximate surface area is 157 Å². The summed E-state index contributed by atoms with van der Waals surface area (Å²) in [5.74, 6) is -3.18. The van der Waals surface area contributed by atoms with Gasteiger partial charge in [0.25, 0.3) is 5.91 Å². The molecule has 0 aliphatic carbocycles. The number of benzene rings is 1. The monoisotopic (exact) mass is 394 g/mol. The highest BCUT2D eigenvalue weighted by Gasteiger charge is 2.37. The first-order chi connectivity index (χ1) is 12.7. The fourth-order valence-corrected chi connectivity index (χ4v) is 2.55. The fourth-order valence-electron chi connectivity index (χ4n) is 2.45. The summed E-state index contributed by atoms with van der Waals surface area (Å²) in [4.78, 5) is 16.5. The highest BCUT2D eigenvalue weighted by atomic mass is 35.5. The van der Waals surface area contributed by atoms with Crippen molar-refractivity contribution in [3.8, 4) is 5.69 Å². The van der Waals surface area contributed by atoms with Crippen LogP contribution in [0.4, 0.5) is 19.0 Å². The lowest BCUT2D eigenvalue weighted by molar-refractivity contribution is -0.126. The van der Waals surface area contributed by atoms with Crippen LogP contribution >= 0.6 is 11.6 Å². The van der Waals surface area contributed by atoms with Crippen molar-refractivity contribution in [2.75, 3.05) is 5.32 Å². The number of nitrogens with zero attached hydrogens (tertiary/aromatic N) is 3. The molecule has 2 aromatic heterocycles. The van der Waals surface area contributed by atoms with Gasteiger partial charge < -0.3 is 5.32 Å². The Kier molecular flexibility index (Phi) is 4.93. The number of aromatic nitrogens is 3. The Morgan fingerprint density at radius 3 is 2.41 bits per heavy atom. The number of pyridine rings is 1. The van der Waals surface area contributed by atoms with Gasteiger partial charge in [0, 0.05) is 23.5 Å². The minimum Gasteiger partial charge on any atom is -0.307 e. The molecule has 0 spiro atoms. The first-order valence-electron chi connectivity index (χ1n) is 7.82. The second-order valence-corrected chi connectivity index (χ2v) is 6.38. The molecule has 0 saturated carbocycles. The molecular weight excluding hydrogens is 381 g/mol. The Morgan fingerprint density at radius 2 is 1.81 bits per heavy atom. The highest BCUT2D eigenvalue weighted by Crippen LogP contribution is 2.32. The van der Waals surface area contributed by atoms with E-state index in [0.717, 1.165) is 6.92 Å². The number of carbonyl (C=O) groups is 1. The predicted octanol–water partition coefficient (Wildman–Crippen LogP) is 4.33. The van der Waals surface area contributed by atoms with E-state index in [-0.39, 0.29) is 5.82 Å². The number of aryl methyl sites for hydroxylation is 1. The smallest absolute Gasteiger partial charge is 0.267 e. The molecule has 1 atom stereocenters. The normalized spacial score (nSPS) is 13.3. The van der Waals surface area contributed by atoms with Gasteiger partial charge in [0.05, 0.1) is 11.9 Å². The molecule has 3 aromatic rings. The van der Waals surface area contributed by atoms with Crippen LogP contribution in [0.3, 0.4) is 0 Å². The number of halogens is 4. The van der Waals surface area contributed by atoms with Crippen molar-refractivity contribution in [3.05, 3.63) is 70.6 Å². The summed E-state index contributed by atoms with van der Waals surface area (Å²) in [5, 5.41) is 5.82. The van der Waals surface area contributed by atoms with Gasteiger partial charge in [-0.1, -0.05) is 11.6 Å². The molecule has 0 aliphatic rings. The summed E-state index contributed by atoms with van der Waals surface area (Å²) in [6.07, 6.45) is 4.57. The van der Waals surface area contributed by atoms with Gasteiger partial charge in [-0.2, -0.15) is 5.10 Å². The number of nitrogens with one attached hydrogen (secondary N) is 1. The molecule has 1 unspecified atom stereocenters. The Morgan fingerprint density at radius 1 is 1.22 bits per heavy atom. The Balaban J connectivity index is 1.95. The quantitative estimate of drug-likeness (QED) is 0.670. The van der Waals surface area contributed by atoms with Crippen LogP contribution in [-0.2, 0) is 10.5 Å². The number of alkyl halides is 1. The van der Waals surface area contributed by atoms with Crippen molar-refractivity contribution >= 4 is 23.3 Å². The second kappa shape index (κ2) is 7.03. The zero-order valence-corrected chi connectivity index (χ0v) is 15.1. The third kappa shape index (κ3) is 3.52.